The number of allylic oxidation sites excluding steroid dienone is 1. The molecule has 1 rings (SSSR count). The quantitative estimate of drug-likeness (QED) is 0.761. The molecular formula is C16H20O3. The van der Waals surface area contributed by atoms with Gasteiger partial charge in [-0.25, -0.2) is 0 Å². The largest absolute Gasteiger partial charge is 0.507 e. The summed E-state index contributed by atoms with van der Waals surface area (Å²) in [5.41, 5.74) is 1.50. The number of aliphatic hydroxyl groups excluding tert-OH is 1. The lowest BCUT2D eigenvalue weighted by Gasteiger charge is -2.10. The van der Waals surface area contributed by atoms with E-state index in [0.717, 1.165) is 11.1 Å². The first-order valence-electron chi connectivity index (χ1n) is 6.46. The third-order valence-electron chi connectivity index (χ3n) is 2.94. The highest BCUT2D eigenvalue weighted by atomic mass is 16.3. The van der Waals surface area contributed by atoms with Crippen LogP contribution in [0, 0.1) is 0 Å². The number of hydrogen-bond donors (Lipinski definition) is 1. The van der Waals surface area contributed by atoms with Crippen molar-refractivity contribution in [1.29, 1.82) is 0 Å². The van der Waals surface area contributed by atoms with Crippen molar-refractivity contribution in [3.05, 3.63) is 41.5 Å². The van der Waals surface area contributed by atoms with Gasteiger partial charge in [-0.15, -0.1) is 0 Å². The van der Waals surface area contributed by atoms with E-state index in [1.54, 1.807) is 0 Å². The van der Waals surface area contributed by atoms with Crippen molar-refractivity contribution in [1.82, 2.24) is 0 Å². The van der Waals surface area contributed by atoms with E-state index in [0.29, 0.717) is 25.7 Å². The third kappa shape index (κ3) is 5.51. The zero-order valence-electron chi connectivity index (χ0n) is 11.5. The molecular weight excluding hydrogens is 240 g/mol. The topological polar surface area (TPSA) is 54.4 Å². The van der Waals surface area contributed by atoms with Crippen LogP contribution in [0.3, 0.4) is 0 Å². The number of carbonyl (C=O) groups excluding carboxylic acids is 2. The predicted molar refractivity (Wildman–Crippen MR) is 75.8 cm³/mol. The average molecular weight is 260 g/mol. The number of Topliss-reactive ketones (excluding diaryl/α,β-unsaturated/α-hetero) is 2. The SMILES string of the molecule is CC(=O)CCC(CCC(C)=O)=C(O)c1ccccc1. The summed E-state index contributed by atoms with van der Waals surface area (Å²) in [6.45, 7) is 3.06. The zero-order valence-corrected chi connectivity index (χ0v) is 11.5. The molecule has 0 heterocycles. The van der Waals surface area contributed by atoms with Gasteiger partial charge >= 0.3 is 0 Å². The molecule has 0 atom stereocenters. The highest BCUT2D eigenvalue weighted by Crippen LogP contribution is 2.23. The number of aliphatic hydroxyl groups is 1. The molecule has 0 aliphatic rings. The summed E-state index contributed by atoms with van der Waals surface area (Å²) < 4.78 is 0. The Morgan fingerprint density at radius 1 is 0.895 bits per heavy atom. The Morgan fingerprint density at radius 2 is 1.37 bits per heavy atom. The van der Waals surface area contributed by atoms with Crippen molar-refractivity contribution in [3.8, 4) is 0 Å². The van der Waals surface area contributed by atoms with E-state index in [4.69, 9.17) is 0 Å². The first kappa shape index (κ1) is 15.2. The van der Waals surface area contributed by atoms with E-state index < -0.39 is 0 Å². The van der Waals surface area contributed by atoms with Crippen LogP contribution in [-0.2, 0) is 9.59 Å². The van der Waals surface area contributed by atoms with Crippen molar-refractivity contribution < 1.29 is 14.7 Å². The molecule has 0 aliphatic heterocycles. The van der Waals surface area contributed by atoms with Crippen molar-refractivity contribution >= 4 is 17.3 Å². The molecule has 0 bridgehead atoms. The monoisotopic (exact) mass is 260 g/mol. The Balaban J connectivity index is 2.92. The molecule has 102 valence electrons. The summed E-state index contributed by atoms with van der Waals surface area (Å²) in [5, 5.41) is 10.3. The minimum absolute atomic E-state index is 0.0844. The number of benzene rings is 1. The lowest BCUT2D eigenvalue weighted by molar-refractivity contribution is -0.117. The lowest BCUT2D eigenvalue weighted by atomic mass is 9.98. The van der Waals surface area contributed by atoms with Crippen LogP contribution in [0.4, 0.5) is 0 Å². The predicted octanol–water partition coefficient (Wildman–Crippen LogP) is 3.69. The fraction of sp³-hybridized carbons (Fsp3) is 0.375. The normalized spacial score (nSPS) is 10.0. The molecule has 19 heavy (non-hydrogen) atoms. The summed E-state index contributed by atoms with van der Waals surface area (Å²) in [5.74, 6) is 0.366. The molecule has 0 saturated heterocycles. The standard InChI is InChI=1S/C16H20O3/c1-12(17)8-10-15(11-9-13(2)18)16(19)14-6-4-3-5-7-14/h3-7,19H,8-11H2,1-2H3. The lowest BCUT2D eigenvalue weighted by Crippen LogP contribution is -1.99. The van der Waals surface area contributed by atoms with Crippen LogP contribution in [0.2, 0.25) is 0 Å². The Morgan fingerprint density at radius 3 is 1.79 bits per heavy atom. The van der Waals surface area contributed by atoms with Crippen molar-refractivity contribution in [2.45, 2.75) is 39.5 Å². The molecule has 0 aromatic heterocycles. The van der Waals surface area contributed by atoms with E-state index in [-0.39, 0.29) is 17.3 Å². The summed E-state index contributed by atoms with van der Waals surface area (Å²) in [7, 11) is 0. The van der Waals surface area contributed by atoms with Crippen LogP contribution >= 0.6 is 0 Å². The van der Waals surface area contributed by atoms with E-state index in [1.807, 2.05) is 30.3 Å². The average Bonchev–Trinajstić information content (AvgIpc) is 2.38. The van der Waals surface area contributed by atoms with Gasteiger partial charge in [0.1, 0.15) is 17.3 Å². The second-order valence-corrected chi connectivity index (χ2v) is 4.72. The van der Waals surface area contributed by atoms with E-state index in [1.165, 1.54) is 13.8 Å². The van der Waals surface area contributed by atoms with Gasteiger partial charge in [-0.2, -0.15) is 0 Å². The smallest absolute Gasteiger partial charge is 0.130 e. The fourth-order valence-corrected chi connectivity index (χ4v) is 1.82. The summed E-state index contributed by atoms with van der Waals surface area (Å²) in [6.07, 6.45) is 1.79. The maximum absolute atomic E-state index is 11.1. The van der Waals surface area contributed by atoms with Gasteiger partial charge in [0.05, 0.1) is 0 Å². The van der Waals surface area contributed by atoms with Gasteiger partial charge in [-0.1, -0.05) is 30.3 Å². The van der Waals surface area contributed by atoms with Crippen LogP contribution < -0.4 is 0 Å². The van der Waals surface area contributed by atoms with Crippen molar-refractivity contribution in [3.63, 3.8) is 0 Å². The van der Waals surface area contributed by atoms with Crippen molar-refractivity contribution in [2.75, 3.05) is 0 Å². The Bertz CT molecular complexity index is 452. The number of ketones is 2. The van der Waals surface area contributed by atoms with E-state index in [9.17, 15) is 14.7 Å². The van der Waals surface area contributed by atoms with Gasteiger partial charge in [0.25, 0.3) is 0 Å². The van der Waals surface area contributed by atoms with Gasteiger partial charge in [-0.05, 0) is 32.3 Å². The van der Waals surface area contributed by atoms with Gasteiger partial charge in [-0.3, -0.25) is 0 Å². The molecule has 3 nitrogen and oxygen atoms in total. The van der Waals surface area contributed by atoms with Crippen LogP contribution in [0.15, 0.2) is 35.9 Å². The van der Waals surface area contributed by atoms with Gasteiger partial charge in [0.15, 0.2) is 0 Å². The third-order valence-corrected chi connectivity index (χ3v) is 2.94. The molecule has 0 radical (unpaired) electrons. The maximum atomic E-state index is 11.1. The van der Waals surface area contributed by atoms with Crippen molar-refractivity contribution in [2.24, 2.45) is 0 Å². The molecule has 1 aromatic rings. The second kappa shape index (κ2) is 7.52. The molecule has 0 fully saturated rings. The molecule has 0 saturated carbocycles. The van der Waals surface area contributed by atoms with Gasteiger partial charge in [0, 0.05) is 18.4 Å². The van der Waals surface area contributed by atoms with E-state index >= 15 is 0 Å². The fourth-order valence-electron chi connectivity index (χ4n) is 1.82. The molecule has 0 unspecified atom stereocenters. The number of hydrogen-bond acceptors (Lipinski definition) is 3. The first-order chi connectivity index (χ1) is 9.00. The number of rotatable bonds is 7. The van der Waals surface area contributed by atoms with Crippen LogP contribution in [0.5, 0.6) is 0 Å². The van der Waals surface area contributed by atoms with Crippen LogP contribution in [0.1, 0.15) is 45.1 Å². The summed E-state index contributed by atoms with van der Waals surface area (Å²) in [6, 6.07) is 9.20. The minimum atomic E-state index is 0.0844. The Hall–Kier alpha value is -1.90. The number of carbonyl (C=O) groups is 2. The van der Waals surface area contributed by atoms with Gasteiger partial charge in [0.2, 0.25) is 0 Å². The van der Waals surface area contributed by atoms with E-state index in [2.05, 4.69) is 0 Å². The van der Waals surface area contributed by atoms with Gasteiger partial charge < -0.3 is 14.7 Å². The second-order valence-electron chi connectivity index (χ2n) is 4.72. The minimum Gasteiger partial charge on any atom is -0.507 e. The molecule has 0 spiro atoms. The summed E-state index contributed by atoms with van der Waals surface area (Å²) in [4.78, 5) is 22.1. The maximum Gasteiger partial charge on any atom is 0.130 e. The highest BCUT2D eigenvalue weighted by molar-refractivity contribution is 5.77. The van der Waals surface area contributed by atoms with Crippen LogP contribution in [0.25, 0.3) is 5.76 Å². The molecule has 1 aromatic carbocycles. The molecule has 0 amide bonds. The highest BCUT2D eigenvalue weighted by Gasteiger charge is 2.10. The first-order valence-corrected chi connectivity index (χ1v) is 6.46. The molecule has 1 N–H and O–H groups in total. The Labute approximate surface area is 114 Å². The Kier molecular flexibility index (Phi) is 6.00. The zero-order chi connectivity index (χ0) is 14.3. The summed E-state index contributed by atoms with van der Waals surface area (Å²) >= 11 is 0. The van der Waals surface area contributed by atoms with Crippen LogP contribution in [-0.4, -0.2) is 16.7 Å². The molecule has 0 aliphatic carbocycles. The molecule has 3 heteroatoms.